The minimum Gasteiger partial charge on any atom is -0.409 e. The maximum Gasteiger partial charge on any atom is 0.161 e. The van der Waals surface area contributed by atoms with E-state index in [1.165, 1.54) is 0 Å². The van der Waals surface area contributed by atoms with E-state index in [9.17, 15) is 0 Å². The number of hydrogen-bond acceptors (Lipinski definition) is 3. The summed E-state index contributed by atoms with van der Waals surface area (Å²) in [4.78, 5) is 0. The van der Waals surface area contributed by atoms with Gasteiger partial charge in [0.15, 0.2) is 5.84 Å². The molecule has 0 amide bonds. The fourth-order valence-corrected chi connectivity index (χ4v) is 1.53. The van der Waals surface area contributed by atoms with Crippen LogP contribution in [0, 0.1) is 3.57 Å². The van der Waals surface area contributed by atoms with Crippen molar-refractivity contribution in [3.63, 3.8) is 0 Å². The van der Waals surface area contributed by atoms with E-state index in [2.05, 4.69) is 33.1 Å². The summed E-state index contributed by atoms with van der Waals surface area (Å²) in [5.74, 6) is 0.170. The molecule has 0 bridgehead atoms. The number of benzene rings is 1. The van der Waals surface area contributed by atoms with Gasteiger partial charge in [-0.3, -0.25) is 0 Å². The molecule has 0 aliphatic carbocycles. The number of oxime groups is 1. The molecule has 0 saturated heterocycles. The molecule has 1 aromatic carbocycles. The van der Waals surface area contributed by atoms with Crippen LogP contribution in [0.25, 0.3) is 0 Å². The molecule has 0 aliphatic heterocycles. The predicted molar refractivity (Wildman–Crippen MR) is 65.7 cm³/mol. The molecule has 5 heteroatoms. The third-order valence-corrected chi connectivity index (χ3v) is 2.44. The van der Waals surface area contributed by atoms with Gasteiger partial charge in [0.25, 0.3) is 0 Å². The van der Waals surface area contributed by atoms with Crippen molar-refractivity contribution in [3.8, 4) is 0 Å². The highest BCUT2D eigenvalue weighted by Gasteiger charge is 2.06. The van der Waals surface area contributed by atoms with Crippen LogP contribution in [0.1, 0.15) is 6.92 Å². The first kappa shape index (κ1) is 11.1. The van der Waals surface area contributed by atoms with Crippen LogP contribution in [0.5, 0.6) is 0 Å². The van der Waals surface area contributed by atoms with Crippen LogP contribution in [-0.4, -0.2) is 17.1 Å². The normalized spacial score (nSPS) is 13.7. The summed E-state index contributed by atoms with van der Waals surface area (Å²) in [5, 5.41) is 14.5. The van der Waals surface area contributed by atoms with Gasteiger partial charge >= 0.3 is 0 Å². The summed E-state index contributed by atoms with van der Waals surface area (Å²) in [7, 11) is 0. The fraction of sp³-hybridized carbons (Fsp3) is 0.222. The highest BCUT2D eigenvalue weighted by Crippen LogP contribution is 2.13. The standard InChI is InChI=1S/C9H12IN3O/c1-6(9(11)13-14)12-8-4-2-3-7(10)5-8/h2-6,12,14H,1H3,(H2,11,13). The Hall–Kier alpha value is -0.980. The summed E-state index contributed by atoms with van der Waals surface area (Å²) < 4.78 is 1.14. The van der Waals surface area contributed by atoms with Gasteiger partial charge in [-0.2, -0.15) is 0 Å². The van der Waals surface area contributed by atoms with Crippen molar-refractivity contribution in [1.82, 2.24) is 0 Å². The molecule has 4 nitrogen and oxygen atoms in total. The largest absolute Gasteiger partial charge is 0.409 e. The summed E-state index contributed by atoms with van der Waals surface area (Å²) in [6.07, 6.45) is 0. The maximum absolute atomic E-state index is 8.46. The summed E-state index contributed by atoms with van der Waals surface area (Å²) >= 11 is 2.23. The number of anilines is 1. The van der Waals surface area contributed by atoms with Gasteiger partial charge in [-0.1, -0.05) is 11.2 Å². The van der Waals surface area contributed by atoms with Crippen molar-refractivity contribution in [2.45, 2.75) is 13.0 Å². The van der Waals surface area contributed by atoms with Crippen LogP contribution in [0.15, 0.2) is 29.4 Å². The van der Waals surface area contributed by atoms with E-state index >= 15 is 0 Å². The van der Waals surface area contributed by atoms with Crippen molar-refractivity contribution in [2.75, 3.05) is 5.32 Å². The number of hydrogen-bond donors (Lipinski definition) is 3. The molecule has 0 fully saturated rings. The molecule has 0 spiro atoms. The van der Waals surface area contributed by atoms with E-state index in [-0.39, 0.29) is 11.9 Å². The third kappa shape index (κ3) is 3.06. The highest BCUT2D eigenvalue weighted by atomic mass is 127. The van der Waals surface area contributed by atoms with Gasteiger partial charge in [0.1, 0.15) is 0 Å². The average molecular weight is 305 g/mol. The van der Waals surface area contributed by atoms with Gasteiger partial charge in [0, 0.05) is 9.26 Å². The Bertz CT molecular complexity index is 341. The minimum absolute atomic E-state index is 0.170. The Labute approximate surface area is 96.3 Å². The van der Waals surface area contributed by atoms with Crippen molar-refractivity contribution in [3.05, 3.63) is 27.8 Å². The molecule has 4 N–H and O–H groups in total. The summed E-state index contributed by atoms with van der Waals surface area (Å²) in [5.41, 5.74) is 6.39. The number of nitrogens with one attached hydrogen (secondary N) is 1. The number of halogens is 1. The molecule has 14 heavy (non-hydrogen) atoms. The molecule has 0 heterocycles. The summed E-state index contributed by atoms with van der Waals surface area (Å²) in [6.45, 7) is 1.83. The predicted octanol–water partition coefficient (Wildman–Crippen LogP) is 1.84. The quantitative estimate of drug-likeness (QED) is 0.262. The number of nitrogens with zero attached hydrogens (tertiary/aromatic N) is 1. The van der Waals surface area contributed by atoms with Gasteiger partial charge < -0.3 is 16.3 Å². The molecule has 76 valence electrons. The molecule has 1 aromatic rings. The molecular formula is C9H12IN3O. The lowest BCUT2D eigenvalue weighted by molar-refractivity contribution is 0.316. The maximum atomic E-state index is 8.46. The van der Waals surface area contributed by atoms with Crippen molar-refractivity contribution < 1.29 is 5.21 Å². The molecular weight excluding hydrogens is 293 g/mol. The van der Waals surface area contributed by atoms with Crippen molar-refractivity contribution >= 4 is 34.1 Å². The van der Waals surface area contributed by atoms with E-state index < -0.39 is 0 Å². The Kier molecular flexibility index (Phi) is 3.99. The lowest BCUT2D eigenvalue weighted by Gasteiger charge is -2.13. The molecule has 0 saturated carbocycles. The van der Waals surface area contributed by atoms with Gasteiger partial charge in [0.05, 0.1) is 6.04 Å². The first-order valence-electron chi connectivity index (χ1n) is 4.13. The second-order valence-electron chi connectivity index (χ2n) is 2.90. The fourth-order valence-electron chi connectivity index (χ4n) is 0.989. The van der Waals surface area contributed by atoms with Crippen LogP contribution in [0.2, 0.25) is 0 Å². The van der Waals surface area contributed by atoms with E-state index in [0.29, 0.717) is 0 Å². The van der Waals surface area contributed by atoms with Gasteiger partial charge in [-0.05, 0) is 47.7 Å². The topological polar surface area (TPSA) is 70.6 Å². The Morgan fingerprint density at radius 2 is 2.36 bits per heavy atom. The SMILES string of the molecule is CC(Nc1cccc(I)c1)C(N)=NO. The zero-order chi connectivity index (χ0) is 10.6. The van der Waals surface area contributed by atoms with Crippen LogP contribution < -0.4 is 11.1 Å². The van der Waals surface area contributed by atoms with Crippen LogP contribution in [0.3, 0.4) is 0 Å². The summed E-state index contributed by atoms with van der Waals surface area (Å²) in [6, 6.07) is 7.69. The van der Waals surface area contributed by atoms with E-state index in [4.69, 9.17) is 10.9 Å². The molecule has 0 aliphatic rings. The minimum atomic E-state index is -0.182. The van der Waals surface area contributed by atoms with Crippen LogP contribution in [-0.2, 0) is 0 Å². The zero-order valence-electron chi connectivity index (χ0n) is 7.74. The molecule has 0 radical (unpaired) electrons. The van der Waals surface area contributed by atoms with E-state index in [1.807, 2.05) is 31.2 Å². The second kappa shape index (κ2) is 5.04. The number of amidine groups is 1. The first-order valence-corrected chi connectivity index (χ1v) is 5.21. The second-order valence-corrected chi connectivity index (χ2v) is 4.15. The first-order chi connectivity index (χ1) is 6.63. The Morgan fingerprint density at radius 3 is 2.93 bits per heavy atom. The van der Waals surface area contributed by atoms with Crippen LogP contribution in [0.4, 0.5) is 5.69 Å². The van der Waals surface area contributed by atoms with Gasteiger partial charge in [0.2, 0.25) is 0 Å². The van der Waals surface area contributed by atoms with Crippen molar-refractivity contribution in [2.24, 2.45) is 10.9 Å². The molecule has 1 rings (SSSR count). The monoisotopic (exact) mass is 305 g/mol. The smallest absolute Gasteiger partial charge is 0.161 e. The third-order valence-electron chi connectivity index (χ3n) is 1.77. The van der Waals surface area contributed by atoms with Gasteiger partial charge in [-0.25, -0.2) is 0 Å². The molecule has 1 atom stereocenters. The van der Waals surface area contributed by atoms with Crippen molar-refractivity contribution in [1.29, 1.82) is 0 Å². The lowest BCUT2D eigenvalue weighted by atomic mass is 10.2. The Balaban J connectivity index is 2.69. The number of nitrogens with two attached hydrogens (primary N) is 1. The molecule has 0 aromatic heterocycles. The lowest BCUT2D eigenvalue weighted by Crippen LogP contribution is -2.32. The Morgan fingerprint density at radius 1 is 1.64 bits per heavy atom. The zero-order valence-corrected chi connectivity index (χ0v) is 9.89. The van der Waals surface area contributed by atoms with Crippen LogP contribution >= 0.6 is 22.6 Å². The molecule has 1 unspecified atom stereocenters. The van der Waals surface area contributed by atoms with Gasteiger partial charge in [-0.15, -0.1) is 0 Å². The van der Waals surface area contributed by atoms with E-state index in [0.717, 1.165) is 9.26 Å². The average Bonchev–Trinajstić information content (AvgIpc) is 2.16. The highest BCUT2D eigenvalue weighted by molar-refractivity contribution is 14.1. The van der Waals surface area contributed by atoms with E-state index in [1.54, 1.807) is 0 Å². The number of rotatable bonds is 3.